The summed E-state index contributed by atoms with van der Waals surface area (Å²) in [6.45, 7) is 9.23. The third kappa shape index (κ3) is 3.70. The molecule has 0 saturated carbocycles. The molecule has 4 rings (SSSR count). The molecule has 0 aliphatic carbocycles. The van der Waals surface area contributed by atoms with E-state index in [1.165, 1.54) is 29.5 Å². The van der Waals surface area contributed by atoms with Crippen LogP contribution in [-0.2, 0) is 13.0 Å². The van der Waals surface area contributed by atoms with Gasteiger partial charge in [-0.3, -0.25) is 14.7 Å². The third-order valence-electron chi connectivity index (χ3n) is 6.58. The van der Waals surface area contributed by atoms with Crippen LogP contribution in [0.1, 0.15) is 58.9 Å². The normalized spacial score (nSPS) is 21.5. The molecule has 2 aliphatic heterocycles. The maximum atomic E-state index is 13.0. The van der Waals surface area contributed by atoms with Gasteiger partial charge in [-0.25, -0.2) is 0 Å². The molecule has 0 radical (unpaired) electrons. The molecule has 2 bridgehead atoms. The average Bonchev–Trinajstić information content (AvgIpc) is 3.30. The van der Waals surface area contributed by atoms with Crippen molar-refractivity contribution in [2.24, 2.45) is 0 Å². The first-order valence-corrected chi connectivity index (χ1v) is 10.6. The first-order chi connectivity index (χ1) is 13.6. The SMILES string of the molecule is CCCCc1ccc(C(=O)N2CC3CC2CN3Cc2ccnc(C)c2C)cc1. The second kappa shape index (κ2) is 8.04. The van der Waals surface area contributed by atoms with Crippen LogP contribution in [-0.4, -0.2) is 45.9 Å². The van der Waals surface area contributed by atoms with Gasteiger partial charge in [0.25, 0.3) is 5.91 Å². The lowest BCUT2D eigenvalue weighted by Crippen LogP contribution is -2.48. The van der Waals surface area contributed by atoms with Crippen molar-refractivity contribution in [3.05, 3.63) is 64.5 Å². The van der Waals surface area contributed by atoms with Crippen molar-refractivity contribution in [2.45, 2.75) is 65.1 Å². The number of aromatic nitrogens is 1. The fraction of sp³-hybridized carbons (Fsp3) is 0.500. The molecule has 1 aromatic carbocycles. The van der Waals surface area contributed by atoms with Gasteiger partial charge >= 0.3 is 0 Å². The summed E-state index contributed by atoms with van der Waals surface area (Å²) >= 11 is 0. The van der Waals surface area contributed by atoms with Gasteiger partial charge in [0.15, 0.2) is 0 Å². The first kappa shape index (κ1) is 19.1. The van der Waals surface area contributed by atoms with Crippen molar-refractivity contribution < 1.29 is 4.79 Å². The minimum Gasteiger partial charge on any atom is -0.333 e. The zero-order chi connectivity index (χ0) is 19.7. The van der Waals surface area contributed by atoms with Gasteiger partial charge in [-0.05, 0) is 68.0 Å². The van der Waals surface area contributed by atoms with Crippen molar-refractivity contribution in [1.82, 2.24) is 14.8 Å². The van der Waals surface area contributed by atoms with E-state index in [2.05, 4.69) is 53.8 Å². The molecule has 2 saturated heterocycles. The van der Waals surface area contributed by atoms with Crippen molar-refractivity contribution >= 4 is 5.91 Å². The van der Waals surface area contributed by atoms with Crippen LogP contribution in [0.25, 0.3) is 0 Å². The number of amides is 1. The van der Waals surface area contributed by atoms with Crippen LogP contribution < -0.4 is 0 Å². The van der Waals surface area contributed by atoms with Crippen molar-refractivity contribution in [2.75, 3.05) is 13.1 Å². The highest BCUT2D eigenvalue weighted by Gasteiger charge is 2.45. The zero-order valence-electron chi connectivity index (χ0n) is 17.3. The number of pyridine rings is 1. The van der Waals surface area contributed by atoms with E-state index >= 15 is 0 Å². The molecule has 2 unspecified atom stereocenters. The smallest absolute Gasteiger partial charge is 0.254 e. The van der Waals surface area contributed by atoms with Crippen molar-refractivity contribution in [3.63, 3.8) is 0 Å². The Labute approximate surface area is 168 Å². The van der Waals surface area contributed by atoms with Gasteiger partial charge in [0.2, 0.25) is 0 Å². The highest BCUT2D eigenvalue weighted by Crippen LogP contribution is 2.33. The highest BCUT2D eigenvalue weighted by atomic mass is 16.2. The molecule has 3 heterocycles. The summed E-state index contributed by atoms with van der Waals surface area (Å²) in [5.41, 5.74) is 5.93. The number of benzene rings is 1. The van der Waals surface area contributed by atoms with E-state index in [1.807, 2.05) is 18.3 Å². The van der Waals surface area contributed by atoms with E-state index < -0.39 is 0 Å². The Morgan fingerprint density at radius 3 is 2.57 bits per heavy atom. The van der Waals surface area contributed by atoms with Crippen molar-refractivity contribution in [1.29, 1.82) is 0 Å². The lowest BCUT2D eigenvalue weighted by molar-refractivity contribution is 0.0616. The number of carbonyl (C=O) groups excluding carboxylic acids is 1. The Morgan fingerprint density at radius 2 is 1.89 bits per heavy atom. The number of hydrogen-bond donors (Lipinski definition) is 0. The second-order valence-corrected chi connectivity index (χ2v) is 8.41. The lowest BCUT2D eigenvalue weighted by Gasteiger charge is -2.34. The number of fused-ring (bicyclic) bond motifs is 2. The third-order valence-corrected chi connectivity index (χ3v) is 6.58. The number of nitrogens with zero attached hydrogens (tertiary/aromatic N) is 3. The van der Waals surface area contributed by atoms with Crippen LogP contribution in [0.5, 0.6) is 0 Å². The predicted octanol–water partition coefficient (Wildman–Crippen LogP) is 4.14. The standard InChI is InChI=1S/C24H31N3O/c1-4-5-6-19-7-9-20(10-8-19)24(28)27-16-22-13-23(27)15-26(22)14-21-11-12-25-18(3)17(21)2/h7-12,22-23H,4-6,13-16H2,1-3H3. The summed E-state index contributed by atoms with van der Waals surface area (Å²) in [6.07, 6.45) is 6.51. The number of piperazine rings is 1. The maximum absolute atomic E-state index is 13.0. The topological polar surface area (TPSA) is 36.4 Å². The van der Waals surface area contributed by atoms with E-state index in [-0.39, 0.29) is 5.91 Å². The minimum atomic E-state index is 0.199. The largest absolute Gasteiger partial charge is 0.333 e. The summed E-state index contributed by atoms with van der Waals surface area (Å²) in [6, 6.07) is 11.2. The van der Waals surface area contributed by atoms with Gasteiger partial charge in [-0.2, -0.15) is 0 Å². The summed E-state index contributed by atoms with van der Waals surface area (Å²) in [4.78, 5) is 22.1. The van der Waals surface area contributed by atoms with Gasteiger partial charge < -0.3 is 4.90 Å². The summed E-state index contributed by atoms with van der Waals surface area (Å²) in [5.74, 6) is 0.199. The van der Waals surface area contributed by atoms with E-state index in [0.717, 1.165) is 43.7 Å². The molecule has 28 heavy (non-hydrogen) atoms. The molecule has 4 heteroatoms. The molecule has 2 aromatic rings. The molecule has 1 aromatic heterocycles. The predicted molar refractivity (Wildman–Crippen MR) is 112 cm³/mol. The number of rotatable bonds is 6. The molecular formula is C24H31N3O. The number of hydrogen-bond acceptors (Lipinski definition) is 3. The molecule has 0 spiro atoms. The van der Waals surface area contributed by atoms with Gasteiger partial charge in [0.1, 0.15) is 0 Å². The summed E-state index contributed by atoms with van der Waals surface area (Å²) < 4.78 is 0. The molecule has 148 valence electrons. The van der Waals surface area contributed by atoms with Crippen LogP contribution in [0.4, 0.5) is 0 Å². The van der Waals surface area contributed by atoms with Crippen LogP contribution in [0.3, 0.4) is 0 Å². The number of unbranched alkanes of at least 4 members (excludes halogenated alkanes) is 1. The fourth-order valence-corrected chi connectivity index (χ4v) is 4.64. The molecule has 2 aliphatic rings. The minimum absolute atomic E-state index is 0.199. The fourth-order valence-electron chi connectivity index (χ4n) is 4.64. The Kier molecular flexibility index (Phi) is 5.49. The molecule has 4 nitrogen and oxygen atoms in total. The maximum Gasteiger partial charge on any atom is 0.254 e. The zero-order valence-corrected chi connectivity index (χ0v) is 17.3. The number of carbonyl (C=O) groups is 1. The van der Waals surface area contributed by atoms with Gasteiger partial charge in [-0.15, -0.1) is 0 Å². The van der Waals surface area contributed by atoms with Gasteiger partial charge in [0.05, 0.1) is 0 Å². The monoisotopic (exact) mass is 377 g/mol. The molecule has 0 N–H and O–H groups in total. The second-order valence-electron chi connectivity index (χ2n) is 8.41. The molecular weight excluding hydrogens is 346 g/mol. The van der Waals surface area contributed by atoms with Gasteiger partial charge in [-0.1, -0.05) is 25.5 Å². The summed E-state index contributed by atoms with van der Waals surface area (Å²) in [7, 11) is 0. The average molecular weight is 378 g/mol. The van der Waals surface area contributed by atoms with E-state index in [0.29, 0.717) is 12.1 Å². The van der Waals surface area contributed by atoms with Gasteiger partial charge in [0, 0.05) is 49.2 Å². The Bertz CT molecular complexity index is 845. The lowest BCUT2D eigenvalue weighted by atomic mass is 10.1. The highest BCUT2D eigenvalue weighted by molar-refractivity contribution is 5.94. The van der Waals surface area contributed by atoms with Crippen LogP contribution in [0, 0.1) is 13.8 Å². The van der Waals surface area contributed by atoms with E-state index in [1.54, 1.807) is 0 Å². The Balaban J connectivity index is 1.38. The number of likely N-dealkylation sites (tertiary alicyclic amines) is 2. The summed E-state index contributed by atoms with van der Waals surface area (Å²) in [5, 5.41) is 0. The first-order valence-electron chi connectivity index (χ1n) is 10.6. The molecule has 2 fully saturated rings. The molecule has 2 atom stereocenters. The van der Waals surface area contributed by atoms with Crippen LogP contribution in [0.15, 0.2) is 36.5 Å². The van der Waals surface area contributed by atoms with Crippen LogP contribution in [0.2, 0.25) is 0 Å². The van der Waals surface area contributed by atoms with Crippen LogP contribution >= 0.6 is 0 Å². The number of aryl methyl sites for hydroxylation is 2. The molecule has 1 amide bonds. The quantitative estimate of drug-likeness (QED) is 0.759. The van der Waals surface area contributed by atoms with E-state index in [9.17, 15) is 4.79 Å². The van der Waals surface area contributed by atoms with Crippen molar-refractivity contribution in [3.8, 4) is 0 Å². The van der Waals surface area contributed by atoms with E-state index in [4.69, 9.17) is 0 Å². The Hall–Kier alpha value is -2.20. The Morgan fingerprint density at radius 1 is 1.11 bits per heavy atom.